The minimum Gasteiger partial charge on any atom is -0.508 e. The normalized spacial score (nSPS) is 15.3. The third kappa shape index (κ3) is 8.64. The predicted octanol–water partition coefficient (Wildman–Crippen LogP) is 1.66. The molecule has 1 amide bonds. The second-order valence-corrected chi connectivity index (χ2v) is 7.14. The van der Waals surface area contributed by atoms with Crippen LogP contribution in [0.25, 0.3) is 0 Å². The molecule has 1 heterocycles. The average Bonchev–Trinajstić information content (AvgIpc) is 2.61. The van der Waals surface area contributed by atoms with Crippen LogP contribution in [0.5, 0.6) is 5.75 Å². The van der Waals surface area contributed by atoms with E-state index in [1.165, 1.54) is 0 Å². The molecule has 28 heavy (non-hydrogen) atoms. The van der Waals surface area contributed by atoms with Crippen molar-refractivity contribution in [1.29, 1.82) is 0 Å². The van der Waals surface area contributed by atoms with E-state index in [1.807, 2.05) is 26.0 Å². The Morgan fingerprint density at radius 2 is 1.96 bits per heavy atom. The third-order valence-electron chi connectivity index (χ3n) is 4.40. The lowest BCUT2D eigenvalue weighted by Gasteiger charge is -2.36. The quantitative estimate of drug-likeness (QED) is 0.300. The van der Waals surface area contributed by atoms with Gasteiger partial charge in [0.15, 0.2) is 5.96 Å². The number of guanidine groups is 1. The highest BCUT2D eigenvalue weighted by Gasteiger charge is 2.21. The largest absolute Gasteiger partial charge is 0.508 e. The van der Waals surface area contributed by atoms with Crippen molar-refractivity contribution in [2.45, 2.75) is 33.2 Å². The Bertz CT molecular complexity index is 631. The number of rotatable bonds is 7. The molecular formula is C20H34IN5O2. The second kappa shape index (κ2) is 12.8. The number of hydrogen-bond donors (Lipinski definition) is 3. The molecule has 3 N–H and O–H groups in total. The van der Waals surface area contributed by atoms with Gasteiger partial charge in [0.1, 0.15) is 5.75 Å². The summed E-state index contributed by atoms with van der Waals surface area (Å²) in [4.78, 5) is 21.1. The maximum atomic E-state index is 11.9. The summed E-state index contributed by atoms with van der Waals surface area (Å²) >= 11 is 0. The minimum absolute atomic E-state index is 0. The first-order chi connectivity index (χ1) is 13.0. The Hall–Kier alpha value is -1.55. The smallest absolute Gasteiger partial charge is 0.234 e. The SMILES string of the molecule is CCNC(=NCCc1cccc(O)c1)N1CCN(CC(=O)NC(C)C)CC1.I. The van der Waals surface area contributed by atoms with Gasteiger partial charge in [-0.25, -0.2) is 0 Å². The topological polar surface area (TPSA) is 80.2 Å². The molecule has 0 spiro atoms. The van der Waals surface area contributed by atoms with E-state index >= 15 is 0 Å². The molecule has 158 valence electrons. The molecule has 0 saturated carbocycles. The number of piperazine rings is 1. The lowest BCUT2D eigenvalue weighted by atomic mass is 10.1. The fraction of sp³-hybridized carbons (Fsp3) is 0.600. The number of phenolic OH excluding ortho intramolecular Hbond substituents is 1. The van der Waals surface area contributed by atoms with Crippen molar-refractivity contribution in [3.63, 3.8) is 0 Å². The number of phenols is 1. The Morgan fingerprint density at radius 1 is 1.25 bits per heavy atom. The van der Waals surface area contributed by atoms with Crippen molar-refractivity contribution in [2.24, 2.45) is 4.99 Å². The number of carbonyl (C=O) groups is 1. The fourth-order valence-electron chi connectivity index (χ4n) is 3.12. The van der Waals surface area contributed by atoms with Crippen molar-refractivity contribution in [3.8, 4) is 5.75 Å². The summed E-state index contributed by atoms with van der Waals surface area (Å²) in [7, 11) is 0. The van der Waals surface area contributed by atoms with Gasteiger partial charge in [-0.05, 0) is 44.9 Å². The first-order valence-corrected chi connectivity index (χ1v) is 9.80. The zero-order valence-electron chi connectivity index (χ0n) is 17.1. The molecule has 1 aromatic carbocycles. The van der Waals surface area contributed by atoms with Crippen LogP contribution in [-0.2, 0) is 11.2 Å². The van der Waals surface area contributed by atoms with Crippen LogP contribution in [0.4, 0.5) is 0 Å². The molecule has 0 aliphatic carbocycles. The minimum atomic E-state index is 0. The third-order valence-corrected chi connectivity index (χ3v) is 4.40. The summed E-state index contributed by atoms with van der Waals surface area (Å²) in [6.45, 7) is 11.4. The van der Waals surface area contributed by atoms with Gasteiger partial charge in [-0.3, -0.25) is 14.7 Å². The zero-order chi connectivity index (χ0) is 19.6. The van der Waals surface area contributed by atoms with E-state index in [-0.39, 0.29) is 35.9 Å². The molecule has 1 aromatic rings. The van der Waals surface area contributed by atoms with Gasteiger partial charge in [0, 0.05) is 45.3 Å². The first-order valence-electron chi connectivity index (χ1n) is 9.80. The van der Waals surface area contributed by atoms with Crippen molar-refractivity contribution >= 4 is 35.8 Å². The Labute approximate surface area is 185 Å². The number of halogens is 1. The van der Waals surface area contributed by atoms with Gasteiger partial charge < -0.3 is 20.6 Å². The van der Waals surface area contributed by atoms with Gasteiger partial charge in [0.05, 0.1) is 6.54 Å². The van der Waals surface area contributed by atoms with E-state index in [0.717, 1.165) is 50.7 Å². The van der Waals surface area contributed by atoms with E-state index in [0.29, 0.717) is 18.8 Å². The van der Waals surface area contributed by atoms with Crippen LogP contribution in [0, 0.1) is 0 Å². The highest BCUT2D eigenvalue weighted by Crippen LogP contribution is 2.11. The van der Waals surface area contributed by atoms with Crippen LogP contribution in [0.1, 0.15) is 26.3 Å². The Balaban J connectivity index is 0.00000392. The second-order valence-electron chi connectivity index (χ2n) is 7.14. The number of hydrogen-bond acceptors (Lipinski definition) is 4. The summed E-state index contributed by atoms with van der Waals surface area (Å²) < 4.78 is 0. The molecule has 1 fully saturated rings. The highest BCUT2D eigenvalue weighted by atomic mass is 127. The maximum Gasteiger partial charge on any atom is 0.234 e. The predicted molar refractivity (Wildman–Crippen MR) is 124 cm³/mol. The van der Waals surface area contributed by atoms with E-state index in [9.17, 15) is 9.90 Å². The monoisotopic (exact) mass is 503 g/mol. The summed E-state index contributed by atoms with van der Waals surface area (Å²) in [5.41, 5.74) is 1.08. The van der Waals surface area contributed by atoms with Gasteiger partial charge >= 0.3 is 0 Å². The van der Waals surface area contributed by atoms with Crippen molar-refractivity contribution in [3.05, 3.63) is 29.8 Å². The molecule has 1 aliphatic heterocycles. The summed E-state index contributed by atoms with van der Waals surface area (Å²) in [5, 5.41) is 15.9. The molecule has 0 unspecified atom stereocenters. The molecule has 1 saturated heterocycles. The molecule has 0 radical (unpaired) electrons. The van der Waals surface area contributed by atoms with Gasteiger partial charge in [-0.2, -0.15) is 0 Å². The van der Waals surface area contributed by atoms with Crippen LogP contribution in [-0.4, -0.2) is 78.6 Å². The van der Waals surface area contributed by atoms with Crippen LogP contribution in [0.3, 0.4) is 0 Å². The molecule has 0 bridgehead atoms. The van der Waals surface area contributed by atoms with Crippen LogP contribution >= 0.6 is 24.0 Å². The van der Waals surface area contributed by atoms with E-state index < -0.39 is 0 Å². The number of aromatic hydroxyl groups is 1. The van der Waals surface area contributed by atoms with E-state index in [2.05, 4.69) is 27.4 Å². The molecule has 8 heteroatoms. The standard InChI is InChI=1S/C20H33N5O2.HI/c1-4-21-20(22-9-8-17-6-5-7-18(26)14-17)25-12-10-24(11-13-25)15-19(27)23-16(2)3;/h5-7,14,16,26H,4,8-13,15H2,1-3H3,(H,21,22)(H,23,27);1H. The van der Waals surface area contributed by atoms with Gasteiger partial charge in [0.25, 0.3) is 0 Å². The molecule has 7 nitrogen and oxygen atoms in total. The molecule has 2 rings (SSSR count). The Kier molecular flexibility index (Phi) is 11.2. The van der Waals surface area contributed by atoms with Crippen LogP contribution in [0.15, 0.2) is 29.3 Å². The number of aliphatic imine (C=N–C) groups is 1. The van der Waals surface area contributed by atoms with E-state index in [4.69, 9.17) is 4.99 Å². The molecule has 0 atom stereocenters. The van der Waals surface area contributed by atoms with Gasteiger partial charge in [-0.1, -0.05) is 12.1 Å². The summed E-state index contributed by atoms with van der Waals surface area (Å²) in [6, 6.07) is 7.50. The molecule has 1 aliphatic rings. The Morgan fingerprint density at radius 3 is 2.57 bits per heavy atom. The molecular weight excluding hydrogens is 469 g/mol. The molecule has 0 aromatic heterocycles. The lowest BCUT2D eigenvalue weighted by molar-refractivity contribution is -0.123. The number of nitrogens with one attached hydrogen (secondary N) is 2. The lowest BCUT2D eigenvalue weighted by Crippen LogP contribution is -2.54. The van der Waals surface area contributed by atoms with Gasteiger partial charge in [0.2, 0.25) is 5.91 Å². The number of nitrogens with zero attached hydrogens (tertiary/aromatic N) is 3. The van der Waals surface area contributed by atoms with Gasteiger partial charge in [-0.15, -0.1) is 24.0 Å². The highest BCUT2D eigenvalue weighted by molar-refractivity contribution is 14.0. The maximum absolute atomic E-state index is 11.9. The van der Waals surface area contributed by atoms with Crippen molar-refractivity contribution < 1.29 is 9.90 Å². The number of benzene rings is 1. The van der Waals surface area contributed by atoms with Crippen LogP contribution < -0.4 is 10.6 Å². The van der Waals surface area contributed by atoms with Crippen molar-refractivity contribution in [1.82, 2.24) is 20.4 Å². The first kappa shape index (κ1) is 24.5. The fourth-order valence-corrected chi connectivity index (χ4v) is 3.12. The summed E-state index contributed by atoms with van der Waals surface area (Å²) in [6.07, 6.45) is 0.790. The van der Waals surface area contributed by atoms with Crippen LogP contribution in [0.2, 0.25) is 0 Å². The van der Waals surface area contributed by atoms with Crippen molar-refractivity contribution in [2.75, 3.05) is 45.8 Å². The number of amides is 1. The summed E-state index contributed by atoms with van der Waals surface area (Å²) in [5.74, 6) is 1.30. The number of carbonyl (C=O) groups excluding carboxylic acids is 1. The van der Waals surface area contributed by atoms with E-state index in [1.54, 1.807) is 12.1 Å². The average molecular weight is 503 g/mol. The zero-order valence-corrected chi connectivity index (χ0v) is 19.5.